The van der Waals surface area contributed by atoms with E-state index in [0.717, 1.165) is 37.1 Å². The van der Waals surface area contributed by atoms with Crippen LogP contribution < -0.4 is 20.9 Å². The number of carbonyl (C=O) groups is 1. The standard InChI is InChI=1S/C24H31N5O3/c1-32-22-13-18(8-10-26-22)19-12-21(24(31)27-14-19)29(15-17-6-7-17)20-4-3-11-28(16-20)23(30)5-2-9-25/h2,5,8,10,12-14,17,20H,3-4,6-7,9,11,15-16,25H2,1H3,(H,27,31)/b5-2+/t20-/m0/s1. The Kier molecular flexibility index (Phi) is 6.90. The van der Waals surface area contributed by atoms with Gasteiger partial charge in [-0.05, 0) is 49.3 Å². The van der Waals surface area contributed by atoms with Crippen molar-refractivity contribution in [3.8, 4) is 17.0 Å². The average Bonchev–Trinajstić information content (AvgIpc) is 3.66. The number of ether oxygens (including phenoxy) is 1. The lowest BCUT2D eigenvalue weighted by Gasteiger charge is -2.40. The number of aromatic nitrogens is 2. The molecule has 1 atom stereocenters. The first-order valence-corrected chi connectivity index (χ1v) is 11.2. The minimum Gasteiger partial charge on any atom is -0.481 e. The van der Waals surface area contributed by atoms with Crippen molar-refractivity contribution in [3.63, 3.8) is 0 Å². The molecule has 1 saturated carbocycles. The summed E-state index contributed by atoms with van der Waals surface area (Å²) in [6.07, 6.45) is 10.9. The van der Waals surface area contributed by atoms with Crippen molar-refractivity contribution in [1.29, 1.82) is 0 Å². The van der Waals surface area contributed by atoms with Crippen LogP contribution in [0.15, 0.2) is 47.5 Å². The summed E-state index contributed by atoms with van der Waals surface area (Å²) in [6.45, 7) is 2.51. The van der Waals surface area contributed by atoms with Crippen LogP contribution in [0.2, 0.25) is 0 Å². The average molecular weight is 438 g/mol. The first kappa shape index (κ1) is 22.1. The molecule has 2 aromatic heterocycles. The number of pyridine rings is 2. The predicted molar refractivity (Wildman–Crippen MR) is 125 cm³/mol. The number of methoxy groups -OCH3 is 1. The number of piperidine rings is 1. The Bertz CT molecular complexity index is 1030. The Balaban J connectivity index is 1.63. The van der Waals surface area contributed by atoms with Gasteiger partial charge in [-0.2, -0.15) is 0 Å². The number of H-pyrrole nitrogens is 1. The van der Waals surface area contributed by atoms with E-state index in [1.165, 1.54) is 12.8 Å². The quantitative estimate of drug-likeness (QED) is 0.614. The maximum absolute atomic E-state index is 12.9. The summed E-state index contributed by atoms with van der Waals surface area (Å²) in [7, 11) is 1.58. The number of aromatic amines is 1. The summed E-state index contributed by atoms with van der Waals surface area (Å²) in [5.41, 5.74) is 7.87. The molecule has 2 fully saturated rings. The summed E-state index contributed by atoms with van der Waals surface area (Å²) in [6, 6.07) is 5.80. The fraction of sp³-hybridized carbons (Fsp3) is 0.458. The van der Waals surface area contributed by atoms with Crippen molar-refractivity contribution in [2.75, 3.05) is 38.2 Å². The van der Waals surface area contributed by atoms with E-state index in [2.05, 4.69) is 14.9 Å². The molecule has 8 nitrogen and oxygen atoms in total. The molecular formula is C24H31N5O3. The molecule has 2 aromatic rings. The van der Waals surface area contributed by atoms with Crippen LogP contribution in [0.4, 0.5) is 5.69 Å². The van der Waals surface area contributed by atoms with E-state index in [-0.39, 0.29) is 17.5 Å². The van der Waals surface area contributed by atoms with Crippen LogP contribution in [-0.2, 0) is 4.79 Å². The number of carbonyl (C=O) groups excluding carboxylic acids is 1. The summed E-state index contributed by atoms with van der Waals surface area (Å²) < 4.78 is 5.25. The molecular weight excluding hydrogens is 406 g/mol. The molecule has 170 valence electrons. The molecule has 0 unspecified atom stereocenters. The zero-order chi connectivity index (χ0) is 22.5. The molecule has 1 aliphatic carbocycles. The summed E-state index contributed by atoms with van der Waals surface area (Å²) in [5.74, 6) is 1.11. The zero-order valence-electron chi connectivity index (χ0n) is 18.5. The van der Waals surface area contributed by atoms with Gasteiger partial charge in [-0.3, -0.25) is 9.59 Å². The van der Waals surface area contributed by atoms with Crippen molar-refractivity contribution in [3.05, 3.63) is 53.1 Å². The van der Waals surface area contributed by atoms with E-state index in [9.17, 15) is 9.59 Å². The van der Waals surface area contributed by atoms with Crippen LogP contribution in [0.3, 0.4) is 0 Å². The second-order valence-corrected chi connectivity index (χ2v) is 8.50. The van der Waals surface area contributed by atoms with E-state index in [1.807, 2.05) is 23.1 Å². The van der Waals surface area contributed by atoms with Crippen molar-refractivity contribution < 1.29 is 9.53 Å². The molecule has 0 bridgehead atoms. The van der Waals surface area contributed by atoms with Gasteiger partial charge in [0, 0.05) is 62.3 Å². The van der Waals surface area contributed by atoms with E-state index >= 15 is 0 Å². The van der Waals surface area contributed by atoms with Gasteiger partial charge >= 0.3 is 0 Å². The van der Waals surface area contributed by atoms with Gasteiger partial charge in [0.1, 0.15) is 5.69 Å². The molecule has 2 aliphatic rings. The number of nitrogens with one attached hydrogen (secondary N) is 1. The normalized spacial score (nSPS) is 18.7. The number of likely N-dealkylation sites (tertiary alicyclic amines) is 1. The third-order valence-corrected chi connectivity index (χ3v) is 6.17. The Morgan fingerprint density at radius 3 is 2.94 bits per heavy atom. The number of rotatable bonds is 8. The molecule has 3 heterocycles. The fourth-order valence-electron chi connectivity index (χ4n) is 4.26. The first-order chi connectivity index (χ1) is 15.6. The minimum absolute atomic E-state index is 0.0157. The van der Waals surface area contributed by atoms with Gasteiger partial charge in [-0.25, -0.2) is 4.98 Å². The number of nitrogens with zero attached hydrogens (tertiary/aromatic N) is 3. The van der Waals surface area contributed by atoms with Gasteiger partial charge in [-0.15, -0.1) is 0 Å². The highest BCUT2D eigenvalue weighted by Gasteiger charge is 2.33. The first-order valence-electron chi connectivity index (χ1n) is 11.2. The van der Waals surface area contributed by atoms with E-state index in [0.29, 0.717) is 30.6 Å². The van der Waals surface area contributed by atoms with Gasteiger partial charge in [0.05, 0.1) is 7.11 Å². The number of nitrogens with two attached hydrogens (primary N) is 1. The van der Waals surface area contributed by atoms with Crippen LogP contribution in [-0.4, -0.2) is 60.1 Å². The number of hydrogen-bond acceptors (Lipinski definition) is 6. The number of anilines is 1. The lowest BCUT2D eigenvalue weighted by atomic mass is 10.0. The highest BCUT2D eigenvalue weighted by atomic mass is 16.5. The van der Waals surface area contributed by atoms with E-state index in [1.54, 1.807) is 31.7 Å². The monoisotopic (exact) mass is 437 g/mol. The maximum atomic E-state index is 12.9. The van der Waals surface area contributed by atoms with Crippen molar-refractivity contribution in [2.24, 2.45) is 11.7 Å². The Labute approximate surface area is 188 Å². The maximum Gasteiger partial charge on any atom is 0.271 e. The summed E-state index contributed by atoms with van der Waals surface area (Å²) in [4.78, 5) is 36.7. The van der Waals surface area contributed by atoms with Crippen LogP contribution in [0.1, 0.15) is 25.7 Å². The largest absolute Gasteiger partial charge is 0.481 e. The van der Waals surface area contributed by atoms with Crippen molar-refractivity contribution >= 4 is 11.6 Å². The Hall–Kier alpha value is -3.13. The van der Waals surface area contributed by atoms with Crippen LogP contribution >= 0.6 is 0 Å². The third kappa shape index (κ3) is 5.19. The van der Waals surface area contributed by atoms with Gasteiger partial charge in [0.15, 0.2) is 0 Å². The number of hydrogen-bond donors (Lipinski definition) is 2. The van der Waals surface area contributed by atoms with E-state index in [4.69, 9.17) is 10.5 Å². The lowest BCUT2D eigenvalue weighted by Crippen LogP contribution is -2.51. The molecule has 1 aliphatic heterocycles. The van der Waals surface area contributed by atoms with Crippen molar-refractivity contribution in [2.45, 2.75) is 31.7 Å². The number of amides is 1. The lowest BCUT2D eigenvalue weighted by molar-refractivity contribution is -0.127. The summed E-state index contributed by atoms with van der Waals surface area (Å²) >= 11 is 0. The fourth-order valence-corrected chi connectivity index (χ4v) is 4.26. The molecule has 0 radical (unpaired) electrons. The zero-order valence-corrected chi connectivity index (χ0v) is 18.5. The van der Waals surface area contributed by atoms with Gasteiger partial charge in [0.2, 0.25) is 11.8 Å². The van der Waals surface area contributed by atoms with E-state index < -0.39 is 0 Å². The second-order valence-electron chi connectivity index (χ2n) is 8.50. The van der Waals surface area contributed by atoms with Gasteiger partial charge in [0.25, 0.3) is 5.56 Å². The topological polar surface area (TPSA) is 105 Å². The molecule has 1 saturated heterocycles. The Morgan fingerprint density at radius 1 is 1.34 bits per heavy atom. The Morgan fingerprint density at radius 2 is 2.19 bits per heavy atom. The molecule has 32 heavy (non-hydrogen) atoms. The van der Waals surface area contributed by atoms with Gasteiger partial charge < -0.3 is 25.3 Å². The second kappa shape index (κ2) is 9.99. The molecule has 0 aromatic carbocycles. The van der Waals surface area contributed by atoms with Crippen LogP contribution in [0.25, 0.3) is 11.1 Å². The van der Waals surface area contributed by atoms with Crippen molar-refractivity contribution in [1.82, 2.24) is 14.9 Å². The minimum atomic E-state index is -0.109. The smallest absolute Gasteiger partial charge is 0.271 e. The van der Waals surface area contributed by atoms with Crippen LogP contribution in [0, 0.1) is 5.92 Å². The predicted octanol–water partition coefficient (Wildman–Crippen LogP) is 2.17. The molecule has 4 rings (SSSR count). The molecule has 1 amide bonds. The third-order valence-electron chi connectivity index (χ3n) is 6.17. The molecule has 3 N–H and O–H groups in total. The molecule has 8 heteroatoms. The SMILES string of the molecule is COc1cc(-c2c[nH]c(=O)c(N(CC3CC3)[C@H]3CCCN(C(=O)/C=C/CN)C3)c2)ccn1. The molecule has 0 spiro atoms. The highest BCUT2D eigenvalue weighted by Crippen LogP contribution is 2.34. The van der Waals surface area contributed by atoms with Crippen LogP contribution in [0.5, 0.6) is 5.88 Å². The highest BCUT2D eigenvalue weighted by molar-refractivity contribution is 5.87. The van der Waals surface area contributed by atoms with Gasteiger partial charge in [-0.1, -0.05) is 6.08 Å². The summed E-state index contributed by atoms with van der Waals surface area (Å²) in [5, 5.41) is 0.